The van der Waals surface area contributed by atoms with Crippen LogP contribution in [0.15, 0.2) is 53.7 Å². The second-order valence-corrected chi connectivity index (χ2v) is 7.94. The highest BCUT2D eigenvalue weighted by molar-refractivity contribution is 8.00. The van der Waals surface area contributed by atoms with E-state index in [1.807, 2.05) is 62.4 Å². The minimum absolute atomic E-state index is 0.0916. The summed E-state index contributed by atoms with van der Waals surface area (Å²) in [6.07, 6.45) is 0.262. The lowest BCUT2D eigenvalue weighted by atomic mass is 10.1. The van der Waals surface area contributed by atoms with Crippen molar-refractivity contribution < 1.29 is 4.79 Å². The minimum atomic E-state index is -0.426. The van der Waals surface area contributed by atoms with Crippen molar-refractivity contribution in [2.24, 2.45) is 0 Å². The monoisotopic (exact) mass is 406 g/mol. The van der Waals surface area contributed by atoms with Crippen molar-refractivity contribution in [1.82, 2.24) is 20.2 Å². The lowest BCUT2D eigenvalue weighted by molar-refractivity contribution is -0.117. The number of anilines is 1. The molecule has 0 unspecified atom stereocenters. The molecule has 0 N–H and O–H groups in total. The van der Waals surface area contributed by atoms with Gasteiger partial charge in [-0.2, -0.15) is 9.94 Å². The molecule has 0 aliphatic heterocycles. The Morgan fingerprint density at radius 2 is 1.97 bits per heavy atom. The average Bonchev–Trinajstić information content (AvgIpc) is 3.19. The molecule has 0 bridgehead atoms. The quantitative estimate of drug-likeness (QED) is 0.556. The number of nitrogens with zero attached hydrogens (tertiary/aromatic N) is 6. The molecule has 3 aromatic rings. The molecule has 1 amide bonds. The second-order valence-electron chi connectivity index (χ2n) is 6.64. The summed E-state index contributed by atoms with van der Waals surface area (Å²) >= 11 is 1.30. The number of thioether (sulfide) groups is 1. The third-order valence-electron chi connectivity index (χ3n) is 4.59. The van der Waals surface area contributed by atoms with E-state index in [-0.39, 0.29) is 12.3 Å². The fraction of sp³-hybridized carbons (Fsp3) is 0.286. The third-order valence-corrected chi connectivity index (χ3v) is 5.61. The van der Waals surface area contributed by atoms with Crippen LogP contribution in [0.25, 0.3) is 5.69 Å². The number of benzene rings is 2. The number of nitriles is 1. The highest BCUT2D eigenvalue weighted by atomic mass is 32.2. The molecule has 0 radical (unpaired) electrons. The van der Waals surface area contributed by atoms with Gasteiger partial charge in [0, 0.05) is 12.2 Å². The Bertz CT molecular complexity index is 1030. The summed E-state index contributed by atoms with van der Waals surface area (Å²) in [5.41, 5.74) is 3.96. The van der Waals surface area contributed by atoms with E-state index in [9.17, 15) is 4.79 Å². The second kappa shape index (κ2) is 9.34. The van der Waals surface area contributed by atoms with Crippen LogP contribution in [0.5, 0.6) is 0 Å². The zero-order chi connectivity index (χ0) is 20.8. The van der Waals surface area contributed by atoms with E-state index in [1.165, 1.54) is 17.3 Å². The smallest absolute Gasteiger partial charge is 0.240 e. The molecule has 3 rings (SSSR count). The van der Waals surface area contributed by atoms with Crippen molar-refractivity contribution in [3.05, 3.63) is 59.7 Å². The summed E-state index contributed by atoms with van der Waals surface area (Å²) in [5, 5.41) is 21.1. The van der Waals surface area contributed by atoms with Crippen molar-refractivity contribution in [1.29, 1.82) is 5.26 Å². The number of carbonyl (C=O) groups is 1. The maximum atomic E-state index is 13.1. The zero-order valence-corrected chi connectivity index (χ0v) is 17.4. The number of hydrogen-bond donors (Lipinski definition) is 0. The van der Waals surface area contributed by atoms with Crippen molar-refractivity contribution in [2.45, 2.75) is 37.6 Å². The molecule has 7 nitrogen and oxygen atoms in total. The number of aryl methyl sites for hydroxylation is 2. The Labute approximate surface area is 174 Å². The van der Waals surface area contributed by atoms with Gasteiger partial charge in [0.05, 0.1) is 23.4 Å². The van der Waals surface area contributed by atoms with E-state index in [2.05, 4.69) is 28.5 Å². The molecule has 1 atom stereocenters. The molecule has 148 valence electrons. The Hall–Kier alpha value is -3.18. The summed E-state index contributed by atoms with van der Waals surface area (Å²) in [6, 6.07) is 17.5. The van der Waals surface area contributed by atoms with Crippen molar-refractivity contribution >= 4 is 23.4 Å². The predicted molar refractivity (Wildman–Crippen MR) is 113 cm³/mol. The van der Waals surface area contributed by atoms with Gasteiger partial charge in [-0.05, 0) is 66.6 Å². The molecule has 0 spiro atoms. The Kier molecular flexibility index (Phi) is 6.62. The van der Waals surface area contributed by atoms with Gasteiger partial charge in [-0.3, -0.25) is 4.79 Å². The fourth-order valence-corrected chi connectivity index (χ4v) is 3.71. The van der Waals surface area contributed by atoms with Crippen molar-refractivity contribution in [3.63, 3.8) is 0 Å². The molecular formula is C21H22N6OS. The highest BCUT2D eigenvalue weighted by Gasteiger charge is 2.25. The van der Waals surface area contributed by atoms with Crippen LogP contribution < -0.4 is 4.90 Å². The first-order valence-corrected chi connectivity index (χ1v) is 10.1. The Morgan fingerprint density at radius 1 is 1.21 bits per heavy atom. The molecule has 0 aliphatic carbocycles. The maximum Gasteiger partial charge on any atom is 0.240 e. The van der Waals surface area contributed by atoms with Crippen molar-refractivity contribution in [3.8, 4) is 11.8 Å². The summed E-state index contributed by atoms with van der Waals surface area (Å²) < 4.78 is 1.64. The molecule has 0 saturated heterocycles. The molecule has 0 aliphatic rings. The van der Waals surface area contributed by atoms with Gasteiger partial charge in [-0.15, -0.1) is 5.10 Å². The molecule has 2 aromatic carbocycles. The van der Waals surface area contributed by atoms with E-state index in [0.717, 1.165) is 16.9 Å². The van der Waals surface area contributed by atoms with Crippen LogP contribution in [0.1, 0.15) is 24.5 Å². The molecule has 0 saturated carbocycles. The van der Waals surface area contributed by atoms with E-state index in [1.54, 1.807) is 9.58 Å². The van der Waals surface area contributed by atoms with Gasteiger partial charge in [-0.25, -0.2) is 0 Å². The van der Waals surface area contributed by atoms with Crippen molar-refractivity contribution in [2.75, 3.05) is 11.4 Å². The number of amides is 1. The van der Waals surface area contributed by atoms with Crippen LogP contribution in [0.4, 0.5) is 5.69 Å². The SMILES string of the molecule is Cc1ccc(-n2nnnc2S[C@H](C)C(=O)N(CCC#N)c2ccccc2)cc1C. The molecule has 8 heteroatoms. The standard InChI is InChI=1S/C21H22N6OS/c1-15-10-11-19(14-16(15)2)27-21(23-24-25-27)29-17(3)20(28)26(13-7-12-22)18-8-5-4-6-9-18/h4-6,8-11,14,17H,7,13H2,1-3H3/t17-/m1/s1. The van der Waals surface area contributed by atoms with Crippen LogP contribution in [0.2, 0.25) is 0 Å². The Morgan fingerprint density at radius 3 is 2.66 bits per heavy atom. The van der Waals surface area contributed by atoms with Gasteiger partial charge >= 0.3 is 0 Å². The number of hydrogen-bond acceptors (Lipinski definition) is 6. The molecule has 1 aromatic heterocycles. The summed E-state index contributed by atoms with van der Waals surface area (Å²) in [6.45, 7) is 6.25. The lowest BCUT2D eigenvalue weighted by Crippen LogP contribution is -2.37. The minimum Gasteiger partial charge on any atom is -0.310 e. The number of para-hydroxylation sites is 1. The average molecular weight is 407 g/mol. The van der Waals surface area contributed by atoms with Crippen LogP contribution in [-0.2, 0) is 4.79 Å². The molecule has 1 heterocycles. The number of aromatic nitrogens is 4. The third kappa shape index (κ3) is 4.81. The van der Waals surface area contributed by atoms with Gasteiger partial charge in [0.15, 0.2) is 0 Å². The van der Waals surface area contributed by atoms with Gasteiger partial charge in [-0.1, -0.05) is 36.0 Å². The van der Waals surface area contributed by atoms with Gasteiger partial charge < -0.3 is 4.90 Å². The zero-order valence-electron chi connectivity index (χ0n) is 16.6. The van der Waals surface area contributed by atoms with E-state index in [4.69, 9.17) is 5.26 Å². The summed E-state index contributed by atoms with van der Waals surface area (Å²) in [7, 11) is 0. The topological polar surface area (TPSA) is 87.7 Å². The first-order valence-electron chi connectivity index (χ1n) is 9.27. The van der Waals surface area contributed by atoms with E-state index in [0.29, 0.717) is 11.7 Å². The molecular weight excluding hydrogens is 384 g/mol. The van der Waals surface area contributed by atoms with E-state index >= 15 is 0 Å². The number of rotatable bonds is 7. The number of carbonyl (C=O) groups excluding carboxylic acids is 1. The van der Waals surface area contributed by atoms with Gasteiger partial charge in [0.2, 0.25) is 11.1 Å². The summed E-state index contributed by atoms with van der Waals surface area (Å²) in [5.74, 6) is -0.0916. The summed E-state index contributed by atoms with van der Waals surface area (Å²) in [4.78, 5) is 14.8. The van der Waals surface area contributed by atoms with Crippen LogP contribution in [0, 0.1) is 25.2 Å². The fourth-order valence-electron chi connectivity index (χ4n) is 2.84. The first kappa shape index (κ1) is 20.6. The predicted octanol–water partition coefficient (Wildman–Crippen LogP) is 3.71. The van der Waals surface area contributed by atoms with Crippen LogP contribution in [-0.4, -0.2) is 37.9 Å². The van der Waals surface area contributed by atoms with Gasteiger partial charge in [0.1, 0.15) is 0 Å². The Balaban J connectivity index is 1.81. The highest BCUT2D eigenvalue weighted by Crippen LogP contribution is 2.26. The first-order chi connectivity index (χ1) is 14.0. The van der Waals surface area contributed by atoms with Gasteiger partial charge in [0.25, 0.3) is 0 Å². The largest absolute Gasteiger partial charge is 0.310 e. The molecule has 0 fully saturated rings. The van der Waals surface area contributed by atoms with Crippen LogP contribution >= 0.6 is 11.8 Å². The van der Waals surface area contributed by atoms with Crippen LogP contribution in [0.3, 0.4) is 0 Å². The maximum absolute atomic E-state index is 13.1. The number of tetrazole rings is 1. The lowest BCUT2D eigenvalue weighted by Gasteiger charge is -2.24. The van der Waals surface area contributed by atoms with E-state index < -0.39 is 5.25 Å². The molecule has 29 heavy (non-hydrogen) atoms. The normalized spacial score (nSPS) is 11.7.